The Morgan fingerprint density at radius 1 is 1.33 bits per heavy atom. The first-order chi connectivity index (χ1) is 10.2. The molecule has 1 N–H and O–H groups in total. The zero-order chi connectivity index (χ0) is 15.1. The molecule has 0 radical (unpaired) electrons. The lowest BCUT2D eigenvalue weighted by molar-refractivity contribution is -0.126. The summed E-state index contributed by atoms with van der Waals surface area (Å²) in [5, 5.41) is 2.90. The van der Waals surface area contributed by atoms with Crippen LogP contribution in [0.15, 0.2) is 30.3 Å². The molecule has 1 saturated heterocycles. The number of nitrogens with zero attached hydrogens (tertiary/aromatic N) is 1. The first kappa shape index (κ1) is 15.5. The van der Waals surface area contributed by atoms with Crippen LogP contribution in [0.25, 0.3) is 0 Å². The predicted molar refractivity (Wildman–Crippen MR) is 81.0 cm³/mol. The molecule has 1 aromatic carbocycles. The van der Waals surface area contributed by atoms with Gasteiger partial charge in [-0.1, -0.05) is 18.2 Å². The maximum atomic E-state index is 12.1. The second-order valence-electron chi connectivity index (χ2n) is 5.23. The Bertz CT molecular complexity index is 476. The lowest BCUT2D eigenvalue weighted by atomic mass is 10.1. The lowest BCUT2D eigenvalue weighted by Crippen LogP contribution is -2.33. The molecule has 0 aliphatic carbocycles. The summed E-state index contributed by atoms with van der Waals surface area (Å²) in [4.78, 5) is 25.8. The van der Waals surface area contributed by atoms with E-state index >= 15 is 0 Å². The molecular formula is C16H22N2O3. The van der Waals surface area contributed by atoms with Crippen molar-refractivity contribution in [2.75, 3.05) is 31.7 Å². The molecule has 5 heteroatoms. The Kier molecular flexibility index (Phi) is 5.75. The van der Waals surface area contributed by atoms with E-state index in [-0.39, 0.29) is 17.7 Å². The third kappa shape index (κ3) is 4.29. The van der Waals surface area contributed by atoms with Crippen LogP contribution in [0.5, 0.6) is 0 Å². The quantitative estimate of drug-likeness (QED) is 0.776. The van der Waals surface area contributed by atoms with Gasteiger partial charge in [-0.2, -0.15) is 0 Å². The fourth-order valence-electron chi connectivity index (χ4n) is 2.47. The van der Waals surface area contributed by atoms with Gasteiger partial charge in [-0.15, -0.1) is 0 Å². The third-order valence-corrected chi connectivity index (χ3v) is 3.64. The largest absolute Gasteiger partial charge is 0.385 e. The summed E-state index contributed by atoms with van der Waals surface area (Å²) in [5.74, 6) is -0.264. The number of nitrogens with one attached hydrogen (secondary N) is 1. The van der Waals surface area contributed by atoms with Crippen molar-refractivity contribution in [2.24, 2.45) is 5.92 Å². The molecule has 1 aliphatic heterocycles. The van der Waals surface area contributed by atoms with Crippen LogP contribution in [0.2, 0.25) is 0 Å². The zero-order valence-electron chi connectivity index (χ0n) is 12.4. The van der Waals surface area contributed by atoms with Gasteiger partial charge in [0.1, 0.15) is 0 Å². The monoisotopic (exact) mass is 290 g/mol. The van der Waals surface area contributed by atoms with Gasteiger partial charge in [-0.25, -0.2) is 0 Å². The number of ether oxygens (including phenoxy) is 1. The van der Waals surface area contributed by atoms with Gasteiger partial charge < -0.3 is 15.0 Å². The van der Waals surface area contributed by atoms with Crippen LogP contribution in [0, 0.1) is 5.92 Å². The van der Waals surface area contributed by atoms with E-state index in [1.54, 1.807) is 12.0 Å². The molecule has 21 heavy (non-hydrogen) atoms. The summed E-state index contributed by atoms with van der Waals surface area (Å²) in [5.41, 5.74) is 0.859. The van der Waals surface area contributed by atoms with Crippen LogP contribution < -0.4 is 10.2 Å². The minimum Gasteiger partial charge on any atom is -0.385 e. The molecular weight excluding hydrogens is 268 g/mol. The molecule has 2 amide bonds. The molecule has 1 atom stereocenters. The van der Waals surface area contributed by atoms with E-state index in [0.717, 1.165) is 18.5 Å². The van der Waals surface area contributed by atoms with E-state index in [4.69, 9.17) is 4.74 Å². The second kappa shape index (κ2) is 7.78. The molecule has 2 rings (SSSR count). The molecule has 1 aliphatic rings. The summed E-state index contributed by atoms with van der Waals surface area (Å²) >= 11 is 0. The van der Waals surface area contributed by atoms with E-state index in [9.17, 15) is 9.59 Å². The van der Waals surface area contributed by atoms with Crippen molar-refractivity contribution in [3.63, 3.8) is 0 Å². The van der Waals surface area contributed by atoms with Crippen molar-refractivity contribution in [3.05, 3.63) is 30.3 Å². The number of carbonyl (C=O) groups excluding carboxylic acids is 2. The highest BCUT2D eigenvalue weighted by Gasteiger charge is 2.34. The molecule has 1 unspecified atom stereocenters. The third-order valence-electron chi connectivity index (χ3n) is 3.64. The summed E-state index contributed by atoms with van der Waals surface area (Å²) < 4.78 is 4.96. The minimum absolute atomic E-state index is 0.0146. The van der Waals surface area contributed by atoms with E-state index in [0.29, 0.717) is 26.1 Å². The highest BCUT2D eigenvalue weighted by atomic mass is 16.5. The van der Waals surface area contributed by atoms with E-state index in [2.05, 4.69) is 5.32 Å². The molecule has 1 aromatic rings. The molecule has 114 valence electrons. The van der Waals surface area contributed by atoms with Crippen LogP contribution in [0.3, 0.4) is 0 Å². The first-order valence-corrected chi connectivity index (χ1v) is 7.34. The Morgan fingerprint density at radius 3 is 2.81 bits per heavy atom. The number of unbranched alkanes of at least 4 members (excludes halogenated alkanes) is 1. The van der Waals surface area contributed by atoms with Gasteiger partial charge in [0.15, 0.2) is 0 Å². The van der Waals surface area contributed by atoms with Crippen molar-refractivity contribution in [3.8, 4) is 0 Å². The zero-order valence-corrected chi connectivity index (χ0v) is 12.4. The molecule has 1 fully saturated rings. The summed E-state index contributed by atoms with van der Waals surface area (Å²) in [6.07, 6.45) is 2.11. The molecule has 5 nitrogen and oxygen atoms in total. The number of rotatable bonds is 7. The van der Waals surface area contributed by atoms with Crippen molar-refractivity contribution in [2.45, 2.75) is 19.3 Å². The van der Waals surface area contributed by atoms with Gasteiger partial charge in [0.25, 0.3) is 0 Å². The van der Waals surface area contributed by atoms with Gasteiger partial charge in [-0.05, 0) is 25.0 Å². The fraction of sp³-hybridized carbons (Fsp3) is 0.500. The van der Waals surface area contributed by atoms with Crippen LogP contribution in [-0.4, -0.2) is 38.6 Å². The number of carbonyl (C=O) groups is 2. The lowest BCUT2D eigenvalue weighted by Gasteiger charge is -2.16. The Labute approximate surface area is 125 Å². The number of anilines is 1. The summed E-state index contributed by atoms with van der Waals surface area (Å²) in [6, 6.07) is 9.48. The van der Waals surface area contributed by atoms with Crippen LogP contribution in [-0.2, 0) is 14.3 Å². The molecule has 0 bridgehead atoms. The second-order valence-corrected chi connectivity index (χ2v) is 5.23. The Morgan fingerprint density at radius 2 is 2.10 bits per heavy atom. The van der Waals surface area contributed by atoms with Gasteiger partial charge in [0, 0.05) is 38.9 Å². The molecule has 0 aromatic heterocycles. The highest BCUT2D eigenvalue weighted by Crippen LogP contribution is 2.24. The fourth-order valence-corrected chi connectivity index (χ4v) is 2.47. The van der Waals surface area contributed by atoms with Gasteiger partial charge in [-0.3, -0.25) is 9.59 Å². The smallest absolute Gasteiger partial charge is 0.227 e. The van der Waals surface area contributed by atoms with Crippen molar-refractivity contribution >= 4 is 17.5 Å². The van der Waals surface area contributed by atoms with E-state index in [1.165, 1.54) is 0 Å². The highest BCUT2D eigenvalue weighted by molar-refractivity contribution is 6.00. The molecule has 0 spiro atoms. The van der Waals surface area contributed by atoms with Crippen molar-refractivity contribution in [1.29, 1.82) is 0 Å². The summed E-state index contributed by atoms with van der Waals surface area (Å²) in [6.45, 7) is 1.81. The normalized spacial score (nSPS) is 18.0. The van der Waals surface area contributed by atoms with Crippen LogP contribution in [0.1, 0.15) is 19.3 Å². The number of hydrogen-bond acceptors (Lipinski definition) is 3. The van der Waals surface area contributed by atoms with Gasteiger partial charge in [0.05, 0.1) is 5.92 Å². The van der Waals surface area contributed by atoms with Crippen LogP contribution >= 0.6 is 0 Å². The van der Waals surface area contributed by atoms with E-state index in [1.807, 2.05) is 30.3 Å². The average molecular weight is 290 g/mol. The number of para-hydroxylation sites is 1. The number of methoxy groups -OCH3 is 1. The average Bonchev–Trinajstić information content (AvgIpc) is 2.90. The first-order valence-electron chi connectivity index (χ1n) is 7.34. The Hall–Kier alpha value is -1.88. The van der Waals surface area contributed by atoms with E-state index < -0.39 is 0 Å². The predicted octanol–water partition coefficient (Wildman–Crippen LogP) is 1.58. The molecule has 0 saturated carbocycles. The maximum Gasteiger partial charge on any atom is 0.227 e. The summed E-state index contributed by atoms with van der Waals surface area (Å²) in [7, 11) is 1.67. The van der Waals surface area contributed by atoms with Gasteiger partial charge >= 0.3 is 0 Å². The topological polar surface area (TPSA) is 58.6 Å². The van der Waals surface area contributed by atoms with Crippen molar-refractivity contribution in [1.82, 2.24) is 5.32 Å². The maximum absolute atomic E-state index is 12.1. The number of hydrogen-bond donors (Lipinski definition) is 1. The number of benzene rings is 1. The SMILES string of the molecule is COCCCCNC(=O)C1CC(=O)N(c2ccccc2)C1. The Balaban J connectivity index is 1.80. The van der Waals surface area contributed by atoms with Gasteiger partial charge in [0.2, 0.25) is 11.8 Å². The van der Waals surface area contributed by atoms with Crippen molar-refractivity contribution < 1.29 is 14.3 Å². The standard InChI is InChI=1S/C16H22N2O3/c1-21-10-6-5-9-17-16(20)13-11-15(19)18(12-13)14-7-3-2-4-8-14/h2-4,7-8,13H,5-6,9-12H2,1H3,(H,17,20). The molecule has 1 heterocycles. The number of amides is 2. The van der Waals surface area contributed by atoms with Crippen LogP contribution in [0.4, 0.5) is 5.69 Å². The minimum atomic E-state index is -0.250.